The fraction of sp³-hybridized carbons (Fsp3) is 1.00. The molecule has 0 aliphatic carbocycles. The molecular weight excluding hydrogens is 977 g/mol. The molecule has 0 saturated carbocycles. The van der Waals surface area contributed by atoms with Crippen LogP contribution in [0.25, 0.3) is 0 Å². The van der Waals surface area contributed by atoms with E-state index in [1.807, 2.05) is 0 Å². The molecule has 0 aromatic heterocycles. The van der Waals surface area contributed by atoms with E-state index in [4.69, 9.17) is 0 Å². The maximum absolute atomic E-state index is 10.9. The Labute approximate surface area is 488 Å². The van der Waals surface area contributed by atoms with Gasteiger partial charge in [-0.3, -0.25) is 8.37 Å². The van der Waals surface area contributed by atoms with Gasteiger partial charge in [-0.25, -0.2) is 16.8 Å². The van der Waals surface area contributed by atoms with Gasteiger partial charge < -0.3 is 9.11 Å². The molecule has 0 rings (SSSR count). The van der Waals surface area contributed by atoms with E-state index in [1.165, 1.54) is 295 Å². The molecule has 2 unspecified atom stereocenters. The summed E-state index contributed by atoms with van der Waals surface area (Å²) in [4.78, 5) is 0. The van der Waals surface area contributed by atoms with Crippen molar-refractivity contribution < 1.29 is 34.3 Å². The molecule has 0 heterocycles. The summed E-state index contributed by atoms with van der Waals surface area (Å²) in [7, 11) is -9.15. The van der Waals surface area contributed by atoms with Crippen LogP contribution in [-0.2, 0) is 29.2 Å². The molecule has 0 saturated heterocycles. The zero-order chi connectivity index (χ0) is 53.2. The van der Waals surface area contributed by atoms with Gasteiger partial charge in [-0.05, 0) is 37.5 Å². The first-order valence-corrected chi connectivity index (χ1v) is 34.9. The molecule has 0 radical (unpaired) electrons. The molecule has 8 nitrogen and oxygen atoms in total. The Morgan fingerprint density at radius 3 is 0.493 bits per heavy atom. The van der Waals surface area contributed by atoms with Crippen LogP contribution in [0.4, 0.5) is 0 Å². The zero-order valence-corrected chi connectivity index (χ0v) is 53.4. The summed E-state index contributed by atoms with van der Waals surface area (Å²) < 4.78 is 74.3. The monoisotopic (exact) mass is 1100 g/mol. The largest absolute Gasteiger partial charge is 2.00 e. The summed E-state index contributed by atoms with van der Waals surface area (Å²) in [6.45, 7) is 9.14. The van der Waals surface area contributed by atoms with Gasteiger partial charge in [-0.2, -0.15) is 0 Å². The van der Waals surface area contributed by atoms with Gasteiger partial charge in [-0.15, -0.1) is 0 Å². The first-order chi connectivity index (χ1) is 35.0. The molecule has 0 aliphatic rings. The van der Waals surface area contributed by atoms with Crippen molar-refractivity contribution in [2.75, 3.05) is 13.2 Å². The van der Waals surface area contributed by atoms with Crippen LogP contribution in [0.2, 0.25) is 0 Å². The number of hydrogen-bond acceptors (Lipinski definition) is 8. The third-order valence-corrected chi connectivity index (χ3v) is 16.1. The molecule has 0 fully saturated rings. The van der Waals surface area contributed by atoms with E-state index in [0.717, 1.165) is 51.4 Å². The minimum Gasteiger partial charge on any atom is -0.726 e. The van der Waals surface area contributed by atoms with E-state index >= 15 is 0 Å². The Kier molecular flexibility index (Phi) is 68.4. The molecule has 0 spiro atoms. The van der Waals surface area contributed by atoms with Crippen LogP contribution in [0.5, 0.6) is 0 Å². The van der Waals surface area contributed by atoms with Crippen LogP contribution < -0.4 is 0 Å². The van der Waals surface area contributed by atoms with Gasteiger partial charge in [0.25, 0.3) is 0 Å². The average molecular weight is 1100 g/mol. The first kappa shape index (κ1) is 78.2. The van der Waals surface area contributed by atoms with Gasteiger partial charge >= 0.3 is 37.7 Å². The first-order valence-electron chi connectivity index (χ1n) is 32.2. The second-order valence-electron chi connectivity index (χ2n) is 22.5. The smallest absolute Gasteiger partial charge is 0.726 e. The summed E-state index contributed by atoms with van der Waals surface area (Å²) in [6, 6.07) is 0. The van der Waals surface area contributed by atoms with E-state index in [9.17, 15) is 25.9 Å². The maximum atomic E-state index is 10.9. The van der Waals surface area contributed by atoms with Gasteiger partial charge in [0.1, 0.15) is 0 Å². The Morgan fingerprint density at radius 2 is 0.370 bits per heavy atom. The predicted octanol–water partition coefficient (Wildman–Crippen LogP) is 20.9. The minimum absolute atomic E-state index is 0. The van der Waals surface area contributed by atoms with Crippen LogP contribution in [0.3, 0.4) is 0 Å². The number of unbranched alkanes of at least 4 members (excludes halogenated alkanes) is 46. The average Bonchev–Trinajstić information content (AvgIpc) is 3.35. The second kappa shape index (κ2) is 63.8. The summed E-state index contributed by atoms with van der Waals surface area (Å²) in [6.07, 6.45) is 70.8. The van der Waals surface area contributed by atoms with Gasteiger partial charge in [-0.1, -0.05) is 349 Å². The summed E-state index contributed by atoms with van der Waals surface area (Å²) in [5.41, 5.74) is 0. The molecule has 436 valence electrons. The maximum Gasteiger partial charge on any atom is 2.00 e. The minimum atomic E-state index is -4.58. The van der Waals surface area contributed by atoms with Crippen LogP contribution >= 0.6 is 0 Å². The van der Waals surface area contributed by atoms with Crippen molar-refractivity contribution in [2.24, 2.45) is 11.8 Å². The van der Waals surface area contributed by atoms with E-state index in [-0.39, 0.29) is 62.8 Å². The molecule has 73 heavy (non-hydrogen) atoms. The molecule has 0 aromatic rings. The molecule has 0 N–H and O–H groups in total. The van der Waals surface area contributed by atoms with Gasteiger partial charge in [0.2, 0.25) is 20.8 Å². The Bertz CT molecular complexity index is 1140. The Hall–Kier alpha value is 1.000. The normalized spacial score (nSPS) is 12.7. The molecule has 0 amide bonds. The van der Waals surface area contributed by atoms with E-state index in [1.54, 1.807) is 0 Å². The van der Waals surface area contributed by atoms with Gasteiger partial charge in [0, 0.05) is 0 Å². The van der Waals surface area contributed by atoms with Gasteiger partial charge in [0.15, 0.2) is 0 Å². The topological polar surface area (TPSA) is 133 Å². The molecule has 0 aromatic carbocycles. The SMILES string of the molecule is CCCCCCCCCCCCCCCCCCCCCC(CCCCCCCC)COS(=O)(=O)[O-].CCCCCCCCCCCCCCCCCCCCCC(CCCCCCCC)COS(=O)(=O)[O-].[Ca+2]. The number of hydrogen-bond donors (Lipinski definition) is 0. The van der Waals surface area contributed by atoms with Crippen molar-refractivity contribution in [3.63, 3.8) is 0 Å². The second-order valence-corrected chi connectivity index (χ2v) is 24.6. The van der Waals surface area contributed by atoms with Crippen molar-refractivity contribution in [3.05, 3.63) is 0 Å². The fourth-order valence-electron chi connectivity index (χ4n) is 10.4. The molecule has 11 heteroatoms. The molecular formula is C62H126CaO8S2. The summed E-state index contributed by atoms with van der Waals surface area (Å²) >= 11 is 0. The molecule has 0 bridgehead atoms. The van der Waals surface area contributed by atoms with E-state index < -0.39 is 20.8 Å². The van der Waals surface area contributed by atoms with Crippen molar-refractivity contribution >= 4 is 58.5 Å². The van der Waals surface area contributed by atoms with E-state index in [2.05, 4.69) is 36.1 Å². The zero-order valence-electron chi connectivity index (χ0n) is 49.5. The van der Waals surface area contributed by atoms with Crippen molar-refractivity contribution in [3.8, 4) is 0 Å². The van der Waals surface area contributed by atoms with Crippen molar-refractivity contribution in [2.45, 2.75) is 374 Å². The Morgan fingerprint density at radius 1 is 0.247 bits per heavy atom. The fourth-order valence-corrected chi connectivity index (χ4v) is 11.1. The third-order valence-electron chi connectivity index (χ3n) is 15.3. The summed E-state index contributed by atoms with van der Waals surface area (Å²) in [5.74, 6) is 0.399. The van der Waals surface area contributed by atoms with Crippen LogP contribution in [-0.4, -0.2) is 76.9 Å². The molecule has 0 aliphatic heterocycles. The standard InChI is InChI=1S/2C31H64O4S.Ca/c2*1-3-5-7-9-11-12-13-14-15-16-17-18-19-20-21-22-23-25-27-29-31(30-35-36(32,33)34)28-26-24-10-8-6-4-2;/h2*31H,3-30H2,1-2H3,(H,32,33,34);/q;;+2/p-2. The van der Waals surface area contributed by atoms with Crippen LogP contribution in [0.15, 0.2) is 0 Å². The number of rotatable bonds is 60. The van der Waals surface area contributed by atoms with Crippen molar-refractivity contribution in [1.29, 1.82) is 0 Å². The van der Waals surface area contributed by atoms with Gasteiger partial charge in [0.05, 0.1) is 13.2 Å². The molecule has 2 atom stereocenters. The van der Waals surface area contributed by atoms with E-state index in [0.29, 0.717) is 0 Å². The quantitative estimate of drug-likeness (QED) is 0.0254. The van der Waals surface area contributed by atoms with Crippen molar-refractivity contribution in [1.82, 2.24) is 0 Å². The third kappa shape index (κ3) is 73.0. The van der Waals surface area contributed by atoms with Crippen LogP contribution in [0.1, 0.15) is 374 Å². The predicted molar refractivity (Wildman–Crippen MR) is 316 cm³/mol. The summed E-state index contributed by atoms with van der Waals surface area (Å²) in [5, 5.41) is 0. The van der Waals surface area contributed by atoms with Crippen LogP contribution in [0, 0.1) is 11.8 Å². The Balaban J connectivity index is -0.00000132.